The lowest BCUT2D eigenvalue weighted by Crippen LogP contribution is -2.05. The highest BCUT2D eigenvalue weighted by atomic mass is 14.8. The van der Waals surface area contributed by atoms with Gasteiger partial charge in [0.25, 0.3) is 0 Å². The van der Waals surface area contributed by atoms with E-state index in [1.165, 1.54) is 27.7 Å². The minimum Gasteiger partial charge on any atom is -0.358 e. The zero-order valence-corrected chi connectivity index (χ0v) is 8.94. The Kier molecular flexibility index (Phi) is 2.30. The van der Waals surface area contributed by atoms with Crippen molar-refractivity contribution in [3.8, 4) is 0 Å². The van der Waals surface area contributed by atoms with Crippen molar-refractivity contribution in [1.29, 1.82) is 0 Å². The van der Waals surface area contributed by atoms with E-state index in [9.17, 15) is 0 Å². The van der Waals surface area contributed by atoms with Gasteiger partial charge in [-0.05, 0) is 32.0 Å². The summed E-state index contributed by atoms with van der Waals surface area (Å²) in [6.45, 7) is 5.20. The molecule has 0 atom stereocenters. The van der Waals surface area contributed by atoms with Crippen LogP contribution >= 0.6 is 0 Å². The molecule has 1 aromatic heterocycles. The average molecular weight is 188 g/mol. The van der Waals surface area contributed by atoms with Gasteiger partial charge in [0.15, 0.2) is 0 Å². The van der Waals surface area contributed by atoms with Gasteiger partial charge in [-0.1, -0.05) is 18.2 Å². The van der Waals surface area contributed by atoms with Crippen LogP contribution in [0.5, 0.6) is 0 Å². The number of hydrogen-bond acceptors (Lipinski definition) is 1. The summed E-state index contributed by atoms with van der Waals surface area (Å²) in [5, 5.41) is 4.55. The topological polar surface area (TPSA) is 27.8 Å². The second-order valence-electron chi connectivity index (χ2n) is 3.76. The minimum absolute atomic E-state index is 0.926. The average Bonchev–Trinajstić information content (AvgIpc) is 2.47. The molecule has 0 bridgehead atoms. The number of benzene rings is 1. The van der Waals surface area contributed by atoms with Gasteiger partial charge in [-0.15, -0.1) is 0 Å². The molecule has 74 valence electrons. The summed E-state index contributed by atoms with van der Waals surface area (Å²) in [4.78, 5) is 3.44. The van der Waals surface area contributed by atoms with Gasteiger partial charge in [0, 0.05) is 23.1 Å². The second kappa shape index (κ2) is 3.46. The van der Waals surface area contributed by atoms with Crippen LogP contribution in [0.1, 0.15) is 16.8 Å². The van der Waals surface area contributed by atoms with Crippen molar-refractivity contribution in [2.75, 3.05) is 7.05 Å². The molecule has 1 aromatic carbocycles. The largest absolute Gasteiger partial charge is 0.358 e. The van der Waals surface area contributed by atoms with E-state index in [4.69, 9.17) is 0 Å². The fourth-order valence-corrected chi connectivity index (χ4v) is 1.95. The summed E-state index contributed by atoms with van der Waals surface area (Å²) >= 11 is 0. The molecule has 0 fully saturated rings. The number of hydrogen-bond donors (Lipinski definition) is 2. The van der Waals surface area contributed by atoms with Crippen LogP contribution in [-0.4, -0.2) is 12.0 Å². The SMILES string of the molecule is CNCc1c(C)[nH]c2c(C)cccc12. The highest BCUT2D eigenvalue weighted by Crippen LogP contribution is 2.24. The first-order valence-electron chi connectivity index (χ1n) is 4.95. The number of fused-ring (bicyclic) bond motifs is 1. The van der Waals surface area contributed by atoms with Crippen LogP contribution in [0.25, 0.3) is 10.9 Å². The van der Waals surface area contributed by atoms with Crippen LogP contribution in [0.2, 0.25) is 0 Å². The Balaban J connectivity index is 2.70. The van der Waals surface area contributed by atoms with Gasteiger partial charge >= 0.3 is 0 Å². The third-order valence-electron chi connectivity index (χ3n) is 2.72. The highest BCUT2D eigenvalue weighted by Gasteiger charge is 2.07. The first kappa shape index (κ1) is 9.28. The summed E-state index contributed by atoms with van der Waals surface area (Å²) in [7, 11) is 1.98. The van der Waals surface area contributed by atoms with Gasteiger partial charge in [0.05, 0.1) is 0 Å². The van der Waals surface area contributed by atoms with Crippen molar-refractivity contribution < 1.29 is 0 Å². The number of para-hydroxylation sites is 1. The number of H-pyrrole nitrogens is 1. The summed E-state index contributed by atoms with van der Waals surface area (Å²) < 4.78 is 0. The molecule has 0 saturated heterocycles. The van der Waals surface area contributed by atoms with Crippen LogP contribution in [0.3, 0.4) is 0 Å². The molecule has 0 aliphatic rings. The molecular formula is C12H16N2. The Morgan fingerprint density at radius 2 is 2.07 bits per heavy atom. The molecule has 2 nitrogen and oxygen atoms in total. The van der Waals surface area contributed by atoms with Crippen molar-refractivity contribution in [3.63, 3.8) is 0 Å². The Labute approximate surface area is 84.3 Å². The molecule has 0 aliphatic carbocycles. The summed E-state index contributed by atoms with van der Waals surface area (Å²) in [6, 6.07) is 6.43. The van der Waals surface area contributed by atoms with Gasteiger partial charge in [0.1, 0.15) is 0 Å². The molecule has 2 rings (SSSR count). The zero-order valence-electron chi connectivity index (χ0n) is 8.94. The molecule has 0 spiro atoms. The van der Waals surface area contributed by atoms with Gasteiger partial charge in [-0.2, -0.15) is 0 Å². The van der Waals surface area contributed by atoms with Crippen LogP contribution < -0.4 is 5.32 Å². The fraction of sp³-hybridized carbons (Fsp3) is 0.333. The quantitative estimate of drug-likeness (QED) is 0.744. The predicted octanol–water partition coefficient (Wildman–Crippen LogP) is 2.50. The zero-order chi connectivity index (χ0) is 10.1. The number of aromatic nitrogens is 1. The normalized spacial score (nSPS) is 11.1. The Bertz CT molecular complexity index is 455. The van der Waals surface area contributed by atoms with Crippen molar-refractivity contribution >= 4 is 10.9 Å². The van der Waals surface area contributed by atoms with E-state index in [-0.39, 0.29) is 0 Å². The molecule has 2 aromatic rings. The van der Waals surface area contributed by atoms with E-state index >= 15 is 0 Å². The van der Waals surface area contributed by atoms with E-state index in [1.807, 2.05) is 7.05 Å². The molecule has 1 heterocycles. The van der Waals surface area contributed by atoms with Crippen LogP contribution in [0.4, 0.5) is 0 Å². The summed E-state index contributed by atoms with van der Waals surface area (Å²) in [5.41, 5.74) is 5.23. The molecule has 0 amide bonds. The third kappa shape index (κ3) is 1.32. The number of nitrogens with one attached hydrogen (secondary N) is 2. The molecular weight excluding hydrogens is 172 g/mol. The highest BCUT2D eigenvalue weighted by molar-refractivity contribution is 5.87. The molecule has 0 unspecified atom stereocenters. The maximum Gasteiger partial charge on any atom is 0.0489 e. The Morgan fingerprint density at radius 1 is 1.29 bits per heavy atom. The maximum atomic E-state index is 3.44. The fourth-order valence-electron chi connectivity index (χ4n) is 1.95. The van der Waals surface area contributed by atoms with Crippen LogP contribution in [0.15, 0.2) is 18.2 Å². The molecule has 14 heavy (non-hydrogen) atoms. The van der Waals surface area contributed by atoms with Gasteiger partial charge < -0.3 is 10.3 Å². The third-order valence-corrected chi connectivity index (χ3v) is 2.72. The van der Waals surface area contributed by atoms with E-state index in [0.717, 1.165) is 6.54 Å². The molecule has 0 aliphatic heterocycles. The van der Waals surface area contributed by atoms with Gasteiger partial charge in [-0.3, -0.25) is 0 Å². The monoisotopic (exact) mass is 188 g/mol. The number of rotatable bonds is 2. The van der Waals surface area contributed by atoms with Crippen LogP contribution in [-0.2, 0) is 6.54 Å². The van der Waals surface area contributed by atoms with Gasteiger partial charge in [-0.25, -0.2) is 0 Å². The number of aromatic amines is 1. The summed E-state index contributed by atoms with van der Waals surface area (Å²) in [6.07, 6.45) is 0. The smallest absolute Gasteiger partial charge is 0.0489 e. The summed E-state index contributed by atoms with van der Waals surface area (Å²) in [5.74, 6) is 0. The van der Waals surface area contributed by atoms with E-state index in [0.29, 0.717) is 0 Å². The Morgan fingerprint density at radius 3 is 2.79 bits per heavy atom. The van der Waals surface area contributed by atoms with Crippen molar-refractivity contribution in [2.24, 2.45) is 0 Å². The predicted molar refractivity (Wildman–Crippen MR) is 60.5 cm³/mol. The maximum absolute atomic E-state index is 3.44. The van der Waals surface area contributed by atoms with E-state index in [1.54, 1.807) is 0 Å². The van der Waals surface area contributed by atoms with Crippen molar-refractivity contribution in [3.05, 3.63) is 35.0 Å². The minimum atomic E-state index is 0.926. The lowest BCUT2D eigenvalue weighted by Gasteiger charge is -1.99. The molecule has 2 heteroatoms. The van der Waals surface area contributed by atoms with Crippen molar-refractivity contribution in [1.82, 2.24) is 10.3 Å². The molecule has 0 saturated carbocycles. The second-order valence-corrected chi connectivity index (χ2v) is 3.76. The molecule has 2 N–H and O–H groups in total. The van der Waals surface area contributed by atoms with E-state index < -0.39 is 0 Å². The van der Waals surface area contributed by atoms with Gasteiger partial charge in [0.2, 0.25) is 0 Å². The van der Waals surface area contributed by atoms with Crippen molar-refractivity contribution in [2.45, 2.75) is 20.4 Å². The first-order valence-corrected chi connectivity index (χ1v) is 4.95. The number of aryl methyl sites for hydroxylation is 2. The Hall–Kier alpha value is -1.28. The van der Waals surface area contributed by atoms with Crippen LogP contribution in [0, 0.1) is 13.8 Å². The lowest BCUT2D eigenvalue weighted by molar-refractivity contribution is 0.817. The standard InChI is InChI=1S/C12H16N2/c1-8-5-4-6-10-11(7-13-3)9(2)14-12(8)10/h4-6,13-14H,7H2,1-3H3. The first-order chi connectivity index (χ1) is 6.74. The lowest BCUT2D eigenvalue weighted by atomic mass is 10.1. The molecule has 0 radical (unpaired) electrons. The van der Waals surface area contributed by atoms with E-state index in [2.05, 4.69) is 42.3 Å².